The largest absolute Gasteiger partial charge is 0.462 e. The SMILES string of the molecule is CCCCC/C=C\C/C=C\C/C=C\CCCCCCC(=O)OC[C@@H](COC(=O)CCCCCCCCCCCCC)OC(=O)CCCCCCC/C=C\CCCCCC. The number of hydrogen-bond donors (Lipinski definition) is 0. The van der Waals surface area contributed by atoms with Gasteiger partial charge in [-0.3, -0.25) is 14.4 Å². The van der Waals surface area contributed by atoms with Crippen LogP contribution in [-0.4, -0.2) is 37.2 Å². The zero-order valence-electron chi connectivity index (χ0n) is 39.0. The molecule has 0 saturated carbocycles. The van der Waals surface area contributed by atoms with Crippen LogP contribution in [0.4, 0.5) is 0 Å². The second kappa shape index (κ2) is 48.0. The Bertz CT molecular complexity index is 1040. The van der Waals surface area contributed by atoms with E-state index in [1.807, 2.05) is 0 Å². The number of esters is 3. The summed E-state index contributed by atoms with van der Waals surface area (Å²) in [6.45, 7) is 6.57. The van der Waals surface area contributed by atoms with Crippen LogP contribution in [0, 0.1) is 0 Å². The minimum atomic E-state index is -0.782. The molecular weight excluding hydrogens is 733 g/mol. The average molecular weight is 827 g/mol. The predicted octanol–water partition coefficient (Wildman–Crippen LogP) is 16.3. The monoisotopic (exact) mass is 827 g/mol. The molecule has 342 valence electrons. The molecule has 0 fully saturated rings. The average Bonchev–Trinajstić information content (AvgIpc) is 3.23. The number of rotatable bonds is 45. The third-order valence-electron chi connectivity index (χ3n) is 10.8. The maximum atomic E-state index is 12.8. The third kappa shape index (κ3) is 46.3. The van der Waals surface area contributed by atoms with Gasteiger partial charge in [-0.25, -0.2) is 0 Å². The summed E-state index contributed by atoms with van der Waals surface area (Å²) in [4.78, 5) is 37.9. The van der Waals surface area contributed by atoms with Crippen LogP contribution in [0.2, 0.25) is 0 Å². The summed E-state index contributed by atoms with van der Waals surface area (Å²) < 4.78 is 16.7. The topological polar surface area (TPSA) is 78.9 Å². The van der Waals surface area contributed by atoms with Crippen LogP contribution in [0.25, 0.3) is 0 Å². The molecule has 59 heavy (non-hydrogen) atoms. The van der Waals surface area contributed by atoms with E-state index < -0.39 is 6.10 Å². The van der Waals surface area contributed by atoms with Crippen LogP contribution in [0.1, 0.15) is 252 Å². The van der Waals surface area contributed by atoms with E-state index in [0.29, 0.717) is 19.3 Å². The van der Waals surface area contributed by atoms with E-state index in [0.717, 1.165) is 96.3 Å². The molecule has 0 aliphatic heterocycles. The fourth-order valence-corrected chi connectivity index (χ4v) is 6.97. The first-order chi connectivity index (χ1) is 29.0. The number of carbonyl (C=O) groups is 3. The first-order valence-corrected chi connectivity index (χ1v) is 25.1. The second-order valence-electron chi connectivity index (χ2n) is 16.7. The lowest BCUT2D eigenvalue weighted by Crippen LogP contribution is -2.30. The van der Waals surface area contributed by atoms with Crippen molar-refractivity contribution < 1.29 is 28.6 Å². The van der Waals surface area contributed by atoms with Crippen molar-refractivity contribution in [2.45, 2.75) is 258 Å². The summed E-state index contributed by atoms with van der Waals surface area (Å²) in [7, 11) is 0. The van der Waals surface area contributed by atoms with Crippen LogP contribution < -0.4 is 0 Å². The molecule has 0 bridgehead atoms. The Labute approximate surface area is 365 Å². The fourth-order valence-electron chi connectivity index (χ4n) is 6.97. The van der Waals surface area contributed by atoms with E-state index in [9.17, 15) is 14.4 Å². The van der Waals surface area contributed by atoms with Gasteiger partial charge in [-0.05, 0) is 83.5 Å². The van der Waals surface area contributed by atoms with E-state index >= 15 is 0 Å². The molecule has 0 heterocycles. The molecule has 6 heteroatoms. The van der Waals surface area contributed by atoms with E-state index in [1.54, 1.807) is 0 Å². The number of hydrogen-bond acceptors (Lipinski definition) is 6. The van der Waals surface area contributed by atoms with Crippen molar-refractivity contribution in [2.24, 2.45) is 0 Å². The fraction of sp³-hybridized carbons (Fsp3) is 0.792. The molecule has 0 spiro atoms. The highest BCUT2D eigenvalue weighted by Crippen LogP contribution is 2.14. The van der Waals surface area contributed by atoms with Gasteiger partial charge in [0.15, 0.2) is 6.10 Å². The van der Waals surface area contributed by atoms with Crippen LogP contribution in [-0.2, 0) is 28.6 Å². The molecule has 0 aromatic carbocycles. The first kappa shape index (κ1) is 56.4. The van der Waals surface area contributed by atoms with Gasteiger partial charge >= 0.3 is 17.9 Å². The standard InChI is InChI=1S/C53H94O6/c1-4-7-10-13-16-19-22-24-25-26-27-29-31-34-37-40-43-46-52(55)58-49-50(48-57-51(54)45-42-39-36-33-30-21-18-15-12-9-6-3)59-53(56)47-44-41-38-35-32-28-23-20-17-14-11-8-5-2/h16,19-20,23-25,27,29,50H,4-15,17-18,21-22,26,28,30-49H2,1-3H3/b19-16-,23-20-,25-24-,29-27-/t50-/m1/s1. The van der Waals surface area contributed by atoms with E-state index in [-0.39, 0.29) is 31.1 Å². The molecule has 0 radical (unpaired) electrons. The van der Waals surface area contributed by atoms with Gasteiger partial charge in [0.1, 0.15) is 13.2 Å². The summed E-state index contributed by atoms with van der Waals surface area (Å²) in [5.41, 5.74) is 0. The predicted molar refractivity (Wildman–Crippen MR) is 252 cm³/mol. The Balaban J connectivity index is 4.40. The first-order valence-electron chi connectivity index (χ1n) is 25.1. The highest BCUT2D eigenvalue weighted by atomic mass is 16.6. The second-order valence-corrected chi connectivity index (χ2v) is 16.7. The van der Waals surface area contributed by atoms with Gasteiger partial charge in [-0.15, -0.1) is 0 Å². The van der Waals surface area contributed by atoms with Crippen molar-refractivity contribution in [1.82, 2.24) is 0 Å². The minimum Gasteiger partial charge on any atom is -0.462 e. The smallest absolute Gasteiger partial charge is 0.306 e. The Hall–Kier alpha value is -2.63. The van der Waals surface area contributed by atoms with Crippen molar-refractivity contribution in [3.63, 3.8) is 0 Å². The maximum absolute atomic E-state index is 12.8. The summed E-state index contributed by atoms with van der Waals surface area (Å²) in [6, 6.07) is 0. The van der Waals surface area contributed by atoms with Gasteiger partial charge in [0, 0.05) is 19.3 Å². The van der Waals surface area contributed by atoms with Crippen LogP contribution in [0.5, 0.6) is 0 Å². The van der Waals surface area contributed by atoms with Crippen molar-refractivity contribution in [2.75, 3.05) is 13.2 Å². The van der Waals surface area contributed by atoms with Crippen LogP contribution in [0.3, 0.4) is 0 Å². The molecule has 0 aliphatic carbocycles. The van der Waals surface area contributed by atoms with Crippen LogP contribution in [0.15, 0.2) is 48.6 Å². The number of unbranched alkanes of at least 4 members (excludes halogenated alkanes) is 26. The molecule has 0 rings (SSSR count). The zero-order valence-corrected chi connectivity index (χ0v) is 39.0. The molecule has 0 aromatic rings. The molecule has 0 unspecified atom stereocenters. The van der Waals surface area contributed by atoms with Gasteiger partial charge in [-0.2, -0.15) is 0 Å². The molecule has 6 nitrogen and oxygen atoms in total. The highest BCUT2D eigenvalue weighted by Gasteiger charge is 2.19. The van der Waals surface area contributed by atoms with E-state index in [1.165, 1.54) is 116 Å². The lowest BCUT2D eigenvalue weighted by Gasteiger charge is -2.18. The van der Waals surface area contributed by atoms with Crippen molar-refractivity contribution in [3.05, 3.63) is 48.6 Å². The lowest BCUT2D eigenvalue weighted by atomic mass is 10.1. The van der Waals surface area contributed by atoms with Crippen molar-refractivity contribution in [3.8, 4) is 0 Å². The summed E-state index contributed by atoms with van der Waals surface area (Å²) in [6.07, 6.45) is 56.6. The molecule has 0 amide bonds. The van der Waals surface area contributed by atoms with Gasteiger partial charge in [0.05, 0.1) is 0 Å². The van der Waals surface area contributed by atoms with Gasteiger partial charge in [-0.1, -0.05) is 198 Å². The molecular formula is C53H94O6. The quantitative estimate of drug-likeness (QED) is 0.0263. The maximum Gasteiger partial charge on any atom is 0.306 e. The Morgan fingerprint density at radius 1 is 0.339 bits per heavy atom. The van der Waals surface area contributed by atoms with Gasteiger partial charge < -0.3 is 14.2 Å². The number of carbonyl (C=O) groups excluding carboxylic acids is 3. The molecule has 1 atom stereocenters. The van der Waals surface area contributed by atoms with Crippen molar-refractivity contribution in [1.29, 1.82) is 0 Å². The normalized spacial score (nSPS) is 12.4. The minimum absolute atomic E-state index is 0.0819. The Kier molecular flexibility index (Phi) is 45.9. The molecule has 0 aromatic heterocycles. The number of allylic oxidation sites excluding steroid dienone is 8. The summed E-state index contributed by atoms with van der Waals surface area (Å²) >= 11 is 0. The highest BCUT2D eigenvalue weighted by molar-refractivity contribution is 5.71. The molecule has 0 aliphatic rings. The Morgan fingerprint density at radius 2 is 0.610 bits per heavy atom. The van der Waals surface area contributed by atoms with Gasteiger partial charge in [0.25, 0.3) is 0 Å². The third-order valence-corrected chi connectivity index (χ3v) is 10.8. The van der Waals surface area contributed by atoms with Gasteiger partial charge in [0.2, 0.25) is 0 Å². The van der Waals surface area contributed by atoms with Crippen LogP contribution >= 0.6 is 0 Å². The van der Waals surface area contributed by atoms with Crippen molar-refractivity contribution >= 4 is 17.9 Å². The van der Waals surface area contributed by atoms with E-state index in [4.69, 9.17) is 14.2 Å². The summed E-state index contributed by atoms with van der Waals surface area (Å²) in [5.74, 6) is -0.909. The molecule has 0 saturated heterocycles. The Morgan fingerprint density at radius 3 is 1.02 bits per heavy atom. The molecule has 0 N–H and O–H groups in total. The zero-order chi connectivity index (χ0) is 43.0. The summed E-state index contributed by atoms with van der Waals surface area (Å²) in [5, 5.41) is 0. The lowest BCUT2D eigenvalue weighted by molar-refractivity contribution is -0.167. The van der Waals surface area contributed by atoms with E-state index in [2.05, 4.69) is 69.4 Å². The number of ether oxygens (including phenoxy) is 3.